The predicted octanol–water partition coefficient (Wildman–Crippen LogP) is 3.14. The van der Waals surface area contributed by atoms with Crippen LogP contribution in [0.5, 0.6) is 0 Å². The van der Waals surface area contributed by atoms with Gasteiger partial charge in [0.2, 0.25) is 0 Å². The first-order chi connectivity index (χ1) is 8.59. The lowest BCUT2D eigenvalue weighted by atomic mass is 10.0. The second-order valence-electron chi connectivity index (χ2n) is 4.85. The zero-order chi connectivity index (χ0) is 13.1. The van der Waals surface area contributed by atoms with E-state index in [2.05, 4.69) is 61.5 Å². The van der Waals surface area contributed by atoms with Crippen molar-refractivity contribution in [3.05, 3.63) is 53.3 Å². The monoisotopic (exact) mass is 243 g/mol. The lowest BCUT2D eigenvalue weighted by Gasteiger charge is -2.22. The van der Waals surface area contributed by atoms with Gasteiger partial charge in [0.25, 0.3) is 0 Å². The number of aromatic nitrogens is 2. The van der Waals surface area contributed by atoms with Crippen LogP contribution in [0, 0.1) is 6.92 Å². The Morgan fingerprint density at radius 2 is 1.83 bits per heavy atom. The van der Waals surface area contributed by atoms with Crippen molar-refractivity contribution in [2.24, 2.45) is 7.05 Å². The lowest BCUT2D eigenvalue weighted by Crippen LogP contribution is -2.24. The van der Waals surface area contributed by atoms with Crippen molar-refractivity contribution in [1.82, 2.24) is 15.1 Å². The summed E-state index contributed by atoms with van der Waals surface area (Å²) in [7, 11) is 1.98. The maximum atomic E-state index is 4.21. The molecule has 0 aliphatic rings. The molecule has 0 radical (unpaired) electrons. The van der Waals surface area contributed by atoms with Crippen LogP contribution in [0.1, 0.15) is 42.8 Å². The second-order valence-corrected chi connectivity index (χ2v) is 4.85. The van der Waals surface area contributed by atoms with E-state index in [4.69, 9.17) is 0 Å². The number of rotatable bonds is 4. The molecule has 0 saturated carbocycles. The molecule has 2 rings (SSSR count). The molecular formula is C15H21N3. The van der Waals surface area contributed by atoms with Gasteiger partial charge in [-0.05, 0) is 38.0 Å². The SMILES string of the molecule is Cc1ccccc1[C@@H](C)NC(C)c1ccnn1C. The van der Waals surface area contributed by atoms with Gasteiger partial charge in [-0.15, -0.1) is 0 Å². The third-order valence-corrected chi connectivity index (χ3v) is 3.46. The normalized spacial score (nSPS) is 14.4. The predicted molar refractivity (Wildman–Crippen MR) is 74.4 cm³/mol. The van der Waals surface area contributed by atoms with E-state index in [1.54, 1.807) is 0 Å². The number of hydrogen-bond donors (Lipinski definition) is 1. The summed E-state index contributed by atoms with van der Waals surface area (Å²) in [5.74, 6) is 0. The third kappa shape index (κ3) is 2.62. The van der Waals surface area contributed by atoms with E-state index in [1.807, 2.05) is 17.9 Å². The first-order valence-corrected chi connectivity index (χ1v) is 6.39. The van der Waals surface area contributed by atoms with E-state index in [1.165, 1.54) is 16.8 Å². The van der Waals surface area contributed by atoms with Gasteiger partial charge in [0.05, 0.1) is 5.69 Å². The molecule has 1 heterocycles. The Labute approximate surface area is 109 Å². The van der Waals surface area contributed by atoms with Crippen molar-refractivity contribution >= 4 is 0 Å². The molecule has 1 aromatic carbocycles. The molecule has 0 fully saturated rings. The molecule has 1 aromatic heterocycles. The molecule has 3 heteroatoms. The van der Waals surface area contributed by atoms with Gasteiger partial charge in [-0.2, -0.15) is 5.10 Å². The van der Waals surface area contributed by atoms with Crippen LogP contribution < -0.4 is 5.32 Å². The van der Waals surface area contributed by atoms with E-state index in [0.717, 1.165) is 0 Å². The Balaban J connectivity index is 2.11. The first kappa shape index (κ1) is 12.8. The largest absolute Gasteiger partial charge is 0.302 e. The fourth-order valence-electron chi connectivity index (χ4n) is 2.43. The highest BCUT2D eigenvalue weighted by atomic mass is 15.3. The molecule has 2 aromatic rings. The van der Waals surface area contributed by atoms with Crippen molar-refractivity contribution in [2.45, 2.75) is 32.9 Å². The number of hydrogen-bond acceptors (Lipinski definition) is 2. The average Bonchev–Trinajstić information content (AvgIpc) is 2.76. The molecule has 0 bridgehead atoms. The molecule has 96 valence electrons. The summed E-state index contributed by atoms with van der Waals surface area (Å²) >= 11 is 0. The zero-order valence-electron chi connectivity index (χ0n) is 11.5. The van der Waals surface area contributed by atoms with Gasteiger partial charge in [-0.1, -0.05) is 24.3 Å². The fourth-order valence-corrected chi connectivity index (χ4v) is 2.43. The summed E-state index contributed by atoms with van der Waals surface area (Å²) < 4.78 is 1.92. The maximum absolute atomic E-state index is 4.21. The minimum Gasteiger partial charge on any atom is -0.302 e. The number of aryl methyl sites for hydroxylation is 2. The van der Waals surface area contributed by atoms with Gasteiger partial charge < -0.3 is 5.32 Å². The number of benzene rings is 1. The number of nitrogens with one attached hydrogen (secondary N) is 1. The Kier molecular flexibility index (Phi) is 3.82. The number of nitrogens with zero attached hydrogens (tertiary/aromatic N) is 2. The molecule has 3 nitrogen and oxygen atoms in total. The molecule has 1 N–H and O–H groups in total. The van der Waals surface area contributed by atoms with Gasteiger partial charge in [0, 0.05) is 25.3 Å². The molecule has 2 atom stereocenters. The van der Waals surface area contributed by atoms with E-state index < -0.39 is 0 Å². The van der Waals surface area contributed by atoms with Crippen LogP contribution in [-0.2, 0) is 7.05 Å². The van der Waals surface area contributed by atoms with Crippen molar-refractivity contribution in [1.29, 1.82) is 0 Å². The summed E-state index contributed by atoms with van der Waals surface area (Å²) in [6.45, 7) is 6.53. The second kappa shape index (κ2) is 5.36. The highest BCUT2D eigenvalue weighted by Gasteiger charge is 2.14. The fraction of sp³-hybridized carbons (Fsp3) is 0.400. The quantitative estimate of drug-likeness (QED) is 0.894. The Morgan fingerprint density at radius 3 is 2.44 bits per heavy atom. The summed E-state index contributed by atoms with van der Waals surface area (Å²) in [6.07, 6.45) is 1.84. The summed E-state index contributed by atoms with van der Waals surface area (Å²) in [5.41, 5.74) is 3.89. The van der Waals surface area contributed by atoms with Crippen molar-refractivity contribution < 1.29 is 0 Å². The molecule has 18 heavy (non-hydrogen) atoms. The molecule has 0 aliphatic carbocycles. The van der Waals surface area contributed by atoms with Crippen molar-refractivity contribution in [3.8, 4) is 0 Å². The average molecular weight is 243 g/mol. The minimum absolute atomic E-state index is 0.284. The Morgan fingerprint density at radius 1 is 1.11 bits per heavy atom. The summed E-state index contributed by atoms with van der Waals surface area (Å²) in [6, 6.07) is 11.2. The van der Waals surface area contributed by atoms with Gasteiger partial charge in [0.15, 0.2) is 0 Å². The maximum Gasteiger partial charge on any atom is 0.0547 e. The summed E-state index contributed by atoms with van der Waals surface area (Å²) in [5, 5.41) is 7.83. The van der Waals surface area contributed by atoms with Crippen LogP contribution >= 0.6 is 0 Å². The van der Waals surface area contributed by atoms with Crippen LogP contribution in [0.4, 0.5) is 0 Å². The van der Waals surface area contributed by atoms with E-state index in [0.29, 0.717) is 6.04 Å². The van der Waals surface area contributed by atoms with Gasteiger partial charge in [-0.3, -0.25) is 4.68 Å². The zero-order valence-corrected chi connectivity index (χ0v) is 11.5. The molecule has 0 amide bonds. The van der Waals surface area contributed by atoms with Gasteiger partial charge in [0.1, 0.15) is 0 Å². The van der Waals surface area contributed by atoms with Crippen LogP contribution in [0.15, 0.2) is 36.5 Å². The minimum atomic E-state index is 0.284. The van der Waals surface area contributed by atoms with E-state index in [9.17, 15) is 0 Å². The Hall–Kier alpha value is -1.61. The molecule has 0 spiro atoms. The smallest absolute Gasteiger partial charge is 0.0547 e. The standard InChI is InChI=1S/C15H21N3/c1-11-7-5-6-8-14(11)12(2)17-13(3)15-9-10-16-18(15)4/h5-10,12-13,17H,1-4H3/t12-,13?/m1/s1. The van der Waals surface area contributed by atoms with Crippen LogP contribution in [0.2, 0.25) is 0 Å². The van der Waals surface area contributed by atoms with Crippen molar-refractivity contribution in [2.75, 3.05) is 0 Å². The topological polar surface area (TPSA) is 29.9 Å². The molecule has 0 saturated heterocycles. The highest BCUT2D eigenvalue weighted by Crippen LogP contribution is 2.21. The highest BCUT2D eigenvalue weighted by molar-refractivity contribution is 5.28. The Bertz CT molecular complexity index is 516. The van der Waals surface area contributed by atoms with Crippen LogP contribution in [0.25, 0.3) is 0 Å². The van der Waals surface area contributed by atoms with Crippen LogP contribution in [-0.4, -0.2) is 9.78 Å². The van der Waals surface area contributed by atoms with Crippen molar-refractivity contribution in [3.63, 3.8) is 0 Å². The van der Waals surface area contributed by atoms with Gasteiger partial charge in [-0.25, -0.2) is 0 Å². The van der Waals surface area contributed by atoms with Gasteiger partial charge >= 0.3 is 0 Å². The van der Waals surface area contributed by atoms with Crippen LogP contribution in [0.3, 0.4) is 0 Å². The van der Waals surface area contributed by atoms with E-state index >= 15 is 0 Å². The first-order valence-electron chi connectivity index (χ1n) is 6.39. The molecule has 0 aliphatic heterocycles. The van der Waals surface area contributed by atoms with E-state index in [-0.39, 0.29) is 6.04 Å². The molecular weight excluding hydrogens is 222 g/mol. The lowest BCUT2D eigenvalue weighted by molar-refractivity contribution is 0.468. The third-order valence-electron chi connectivity index (χ3n) is 3.46. The summed E-state index contributed by atoms with van der Waals surface area (Å²) in [4.78, 5) is 0. The molecule has 1 unspecified atom stereocenters.